The van der Waals surface area contributed by atoms with E-state index in [1.807, 2.05) is 61.3 Å². The first-order valence-electron chi connectivity index (χ1n) is 7.72. The Kier molecular flexibility index (Phi) is 3.49. The predicted molar refractivity (Wildman–Crippen MR) is 92.9 cm³/mol. The van der Waals surface area contributed by atoms with Crippen molar-refractivity contribution in [2.24, 2.45) is 17.0 Å². The normalized spacial score (nSPS) is 16.8. The number of hydrogen-bond donors (Lipinski definition) is 1. The molecule has 1 aliphatic rings. The van der Waals surface area contributed by atoms with Crippen molar-refractivity contribution in [1.29, 1.82) is 0 Å². The standard InChI is InChI=1S/C18H17N5O/c1-19-18-16(13-7-4-10-23(13)2)21-15(14-8-5-11-24-14)12-6-3-9-20-17(12)22-18/h3-11,16H,1-2H3,(H,19,20,22). The molecule has 1 aliphatic heterocycles. The minimum Gasteiger partial charge on any atom is -0.463 e. The molecular weight excluding hydrogens is 302 g/mol. The Balaban J connectivity index is 1.97. The minimum atomic E-state index is -0.260. The molecule has 0 saturated heterocycles. The number of amidine groups is 1. The van der Waals surface area contributed by atoms with Gasteiger partial charge in [-0.15, -0.1) is 0 Å². The van der Waals surface area contributed by atoms with Crippen LogP contribution in [0.2, 0.25) is 0 Å². The van der Waals surface area contributed by atoms with Crippen LogP contribution >= 0.6 is 0 Å². The topological polar surface area (TPSA) is 67.7 Å². The molecule has 6 nitrogen and oxygen atoms in total. The zero-order valence-electron chi connectivity index (χ0n) is 13.5. The van der Waals surface area contributed by atoms with E-state index in [1.165, 1.54) is 0 Å². The smallest absolute Gasteiger partial charge is 0.163 e. The number of aryl methyl sites for hydroxylation is 1. The molecule has 0 aliphatic carbocycles. The number of pyridine rings is 1. The van der Waals surface area contributed by atoms with E-state index < -0.39 is 0 Å². The van der Waals surface area contributed by atoms with E-state index in [9.17, 15) is 0 Å². The first kappa shape index (κ1) is 14.4. The summed E-state index contributed by atoms with van der Waals surface area (Å²) in [6.07, 6.45) is 5.38. The van der Waals surface area contributed by atoms with Crippen LogP contribution in [0.15, 0.2) is 69.5 Å². The number of furan rings is 1. The number of fused-ring (bicyclic) bond motifs is 1. The highest BCUT2D eigenvalue weighted by Gasteiger charge is 2.27. The van der Waals surface area contributed by atoms with Gasteiger partial charge in [0.2, 0.25) is 0 Å². The molecule has 0 aromatic carbocycles. The second-order valence-corrected chi connectivity index (χ2v) is 5.52. The molecule has 0 amide bonds. The zero-order valence-corrected chi connectivity index (χ0v) is 13.5. The summed E-state index contributed by atoms with van der Waals surface area (Å²) in [5.41, 5.74) is 2.65. The first-order valence-corrected chi connectivity index (χ1v) is 7.72. The molecule has 0 spiro atoms. The second-order valence-electron chi connectivity index (χ2n) is 5.52. The summed E-state index contributed by atoms with van der Waals surface area (Å²) < 4.78 is 7.66. The Labute approximate surface area is 139 Å². The van der Waals surface area contributed by atoms with Crippen LogP contribution in [0.4, 0.5) is 5.82 Å². The van der Waals surface area contributed by atoms with Crippen LogP contribution in [0.3, 0.4) is 0 Å². The monoisotopic (exact) mass is 319 g/mol. The van der Waals surface area contributed by atoms with Crippen molar-refractivity contribution >= 4 is 17.4 Å². The fourth-order valence-electron chi connectivity index (χ4n) is 2.87. The highest BCUT2D eigenvalue weighted by atomic mass is 16.3. The summed E-state index contributed by atoms with van der Waals surface area (Å²) in [7, 11) is 3.85. The van der Waals surface area contributed by atoms with E-state index in [1.54, 1.807) is 12.5 Å². The second kappa shape index (κ2) is 5.81. The lowest BCUT2D eigenvalue weighted by Crippen LogP contribution is -2.26. The van der Waals surface area contributed by atoms with Crippen molar-refractivity contribution in [1.82, 2.24) is 14.9 Å². The molecule has 120 valence electrons. The summed E-state index contributed by atoms with van der Waals surface area (Å²) in [6.45, 7) is 0. The average Bonchev–Trinajstić information content (AvgIpc) is 3.24. The Bertz CT molecular complexity index is 921. The van der Waals surface area contributed by atoms with Gasteiger partial charge in [-0.2, -0.15) is 0 Å². The van der Waals surface area contributed by atoms with Gasteiger partial charge in [0.25, 0.3) is 0 Å². The lowest BCUT2D eigenvalue weighted by molar-refractivity contribution is 0.557. The van der Waals surface area contributed by atoms with Crippen LogP contribution in [0.1, 0.15) is 23.1 Å². The van der Waals surface area contributed by atoms with Gasteiger partial charge in [0.05, 0.1) is 6.26 Å². The van der Waals surface area contributed by atoms with E-state index in [0.29, 0.717) is 11.6 Å². The molecule has 4 rings (SSSR count). The molecule has 1 N–H and O–H groups in total. The average molecular weight is 319 g/mol. The summed E-state index contributed by atoms with van der Waals surface area (Å²) in [4.78, 5) is 14.1. The Morgan fingerprint density at radius 3 is 2.79 bits per heavy atom. The van der Waals surface area contributed by atoms with E-state index in [-0.39, 0.29) is 6.04 Å². The van der Waals surface area contributed by atoms with Crippen LogP contribution < -0.4 is 5.32 Å². The molecule has 0 bridgehead atoms. The third-order valence-electron chi connectivity index (χ3n) is 4.06. The van der Waals surface area contributed by atoms with Gasteiger partial charge in [-0.05, 0) is 36.4 Å². The van der Waals surface area contributed by atoms with Crippen LogP contribution in [0, 0.1) is 0 Å². The van der Waals surface area contributed by atoms with E-state index >= 15 is 0 Å². The molecule has 4 heterocycles. The van der Waals surface area contributed by atoms with Crippen molar-refractivity contribution in [2.45, 2.75) is 6.04 Å². The van der Waals surface area contributed by atoms with Crippen molar-refractivity contribution in [2.75, 3.05) is 7.05 Å². The number of hydrogen-bond acceptors (Lipinski definition) is 5. The van der Waals surface area contributed by atoms with Crippen LogP contribution in [-0.4, -0.2) is 28.1 Å². The summed E-state index contributed by atoms with van der Waals surface area (Å²) >= 11 is 0. The van der Waals surface area contributed by atoms with Gasteiger partial charge < -0.3 is 14.3 Å². The van der Waals surface area contributed by atoms with Gasteiger partial charge >= 0.3 is 0 Å². The number of rotatable bonds is 2. The fourth-order valence-corrected chi connectivity index (χ4v) is 2.87. The largest absolute Gasteiger partial charge is 0.463 e. The lowest BCUT2D eigenvalue weighted by atomic mass is 10.1. The molecular formula is C18H17N5O. The molecule has 1 unspecified atom stereocenters. The molecule has 0 fully saturated rings. The lowest BCUT2D eigenvalue weighted by Gasteiger charge is -2.15. The number of likely N-dealkylation sites (N-methyl/N-ethyl adjacent to an activating group) is 1. The fraction of sp³-hybridized carbons (Fsp3) is 0.167. The molecule has 0 radical (unpaired) electrons. The molecule has 1 atom stereocenters. The van der Waals surface area contributed by atoms with Crippen LogP contribution in [0.5, 0.6) is 0 Å². The van der Waals surface area contributed by atoms with Crippen molar-refractivity contribution < 1.29 is 4.42 Å². The number of aromatic nitrogens is 2. The molecule has 24 heavy (non-hydrogen) atoms. The van der Waals surface area contributed by atoms with Crippen molar-refractivity contribution in [3.63, 3.8) is 0 Å². The Morgan fingerprint density at radius 1 is 1.17 bits per heavy atom. The van der Waals surface area contributed by atoms with Crippen LogP contribution in [-0.2, 0) is 7.05 Å². The van der Waals surface area contributed by atoms with Crippen molar-refractivity contribution in [3.8, 4) is 0 Å². The maximum atomic E-state index is 5.61. The van der Waals surface area contributed by atoms with E-state index in [4.69, 9.17) is 14.4 Å². The van der Waals surface area contributed by atoms with Crippen LogP contribution in [0.25, 0.3) is 0 Å². The Hall–Kier alpha value is -3.15. The van der Waals surface area contributed by atoms with E-state index in [0.717, 1.165) is 22.8 Å². The predicted octanol–water partition coefficient (Wildman–Crippen LogP) is 2.85. The van der Waals surface area contributed by atoms with Gasteiger partial charge in [-0.3, -0.25) is 4.99 Å². The Morgan fingerprint density at radius 2 is 2.08 bits per heavy atom. The third-order valence-corrected chi connectivity index (χ3v) is 4.06. The van der Waals surface area contributed by atoms with Gasteiger partial charge in [-0.1, -0.05) is 0 Å². The zero-order chi connectivity index (χ0) is 16.5. The van der Waals surface area contributed by atoms with Gasteiger partial charge in [0.1, 0.15) is 17.6 Å². The molecule has 3 aromatic heterocycles. The number of aliphatic imine (C=N–C) groups is 2. The maximum Gasteiger partial charge on any atom is 0.163 e. The number of nitrogens with zero attached hydrogens (tertiary/aromatic N) is 4. The summed E-state index contributed by atoms with van der Waals surface area (Å²) in [6, 6.07) is 11.4. The van der Waals surface area contributed by atoms with E-state index in [2.05, 4.69) is 10.3 Å². The van der Waals surface area contributed by atoms with Crippen molar-refractivity contribution in [3.05, 3.63) is 72.1 Å². The highest BCUT2D eigenvalue weighted by molar-refractivity contribution is 6.16. The summed E-state index contributed by atoms with van der Waals surface area (Å²) in [5.74, 6) is 2.09. The number of nitrogens with one attached hydrogen (secondary N) is 1. The summed E-state index contributed by atoms with van der Waals surface area (Å²) in [5, 5.41) is 3.18. The SMILES string of the molecule is CNC1=Nc2ncccc2C(c2ccco2)=NC1c1cccn1C. The molecule has 3 aromatic rings. The minimum absolute atomic E-state index is 0.260. The quantitative estimate of drug-likeness (QED) is 0.790. The van der Waals surface area contributed by atoms with Gasteiger partial charge in [-0.25, -0.2) is 9.98 Å². The third kappa shape index (κ3) is 2.32. The highest BCUT2D eigenvalue weighted by Crippen LogP contribution is 2.30. The first-order chi connectivity index (χ1) is 11.8. The van der Waals surface area contributed by atoms with Gasteiger partial charge in [0, 0.05) is 37.7 Å². The molecule has 6 heteroatoms. The van der Waals surface area contributed by atoms with Gasteiger partial charge in [0.15, 0.2) is 11.6 Å². The maximum absolute atomic E-state index is 5.61. The molecule has 0 saturated carbocycles.